The molecule has 6 aliphatic heterocycles. The van der Waals surface area contributed by atoms with Crippen molar-refractivity contribution in [1.29, 1.82) is 0 Å². The highest BCUT2D eigenvalue weighted by Crippen LogP contribution is 2.39. The Morgan fingerprint density at radius 2 is 0.861 bits per heavy atom. The highest BCUT2D eigenvalue weighted by atomic mass is 35.5. The van der Waals surface area contributed by atoms with Crippen LogP contribution in [0.2, 0.25) is 5.02 Å². The van der Waals surface area contributed by atoms with Crippen molar-refractivity contribution in [3.8, 4) is 31.3 Å². The van der Waals surface area contributed by atoms with Crippen LogP contribution in [0.1, 0.15) is 215 Å². The fourth-order valence-electron chi connectivity index (χ4n) is 19.7. The summed E-state index contributed by atoms with van der Waals surface area (Å²) in [5, 5.41) is 57.3. The number of aliphatic hydroxyl groups excluding tert-OH is 3. The number of rotatable bonds is 30. The minimum atomic E-state index is -1.25. The summed E-state index contributed by atoms with van der Waals surface area (Å²) in [6.45, 7) is 29.0. The predicted molar refractivity (Wildman–Crippen MR) is 554 cm³/mol. The first-order valence-electron chi connectivity index (χ1n) is 49.1. The van der Waals surface area contributed by atoms with Gasteiger partial charge >= 0.3 is 5.97 Å². The van der Waals surface area contributed by atoms with E-state index in [0.717, 1.165) is 87.3 Å². The van der Waals surface area contributed by atoms with Crippen molar-refractivity contribution in [3.63, 3.8) is 0 Å². The van der Waals surface area contributed by atoms with Crippen LogP contribution in [0.3, 0.4) is 0 Å². The van der Waals surface area contributed by atoms with Crippen molar-refractivity contribution in [3.05, 3.63) is 258 Å². The van der Waals surface area contributed by atoms with E-state index in [1.807, 2.05) is 229 Å². The third-order valence-corrected chi connectivity index (χ3v) is 30.7. The number of aromatic nitrogens is 4. The van der Waals surface area contributed by atoms with Gasteiger partial charge in [0.1, 0.15) is 35.9 Å². The third-order valence-electron chi connectivity index (χ3n) is 27.5. The minimum absolute atomic E-state index is 0.0208. The Kier molecular flexibility index (Phi) is 35.8. The van der Waals surface area contributed by atoms with Crippen LogP contribution in [0, 0.1) is 50.4 Å². The van der Waals surface area contributed by atoms with Crippen molar-refractivity contribution >= 4 is 116 Å². The van der Waals surface area contributed by atoms with Crippen LogP contribution in [0.5, 0.6) is 0 Å². The fourth-order valence-corrected chi connectivity index (χ4v) is 22.3. The number of β-amino-alcohol motifs (C(OH)–C–C–N with tert-alkyl or cyclic N) is 4. The zero-order chi connectivity index (χ0) is 104. The SMILES string of the molecule is CC(C)[C@@H](C(=O)N1C[C@](C)(O)C[C@H]1C(=O)O)N1Cc2ccccc2C1=O.Cc1ccccc1CCC(=O)N[C@H](C(=O)N1C[C@H](O)C[C@H]1C(=O)CCc1ccc(-c2scnc2C)cc1)C(C)(C)C.Cc1ncsc1-c1ccc(CCC(=O)[C@@H]2C[C@@H](O)CN2C(=O)[C@@H](NC(=O)c2ccccn2)C(C)(C)C)cc1.Cc1ncsc1-c1ccc(CCC(=O)[C@@H]2C[C@@H](O)CN2C(=O)[C@H](C(C)C)N2Cc3ccc(Cl)cc3C2=O)cc1. The number of fused-ring (bicyclic) bond motifs is 2. The molecule has 0 radical (unpaired) electrons. The molecule has 0 bridgehead atoms. The number of benzene rings is 6. The number of hydrogen-bond donors (Lipinski definition) is 7. The van der Waals surface area contributed by atoms with E-state index in [2.05, 4.69) is 30.6 Å². The number of Topliss-reactive ketones (excluding diaryl/α,β-unsaturated/α-hetero) is 3. The Balaban J connectivity index is 0.000000163. The van der Waals surface area contributed by atoms with Crippen LogP contribution in [-0.4, -0.2) is 244 Å². The number of carbonyl (C=O) groups is 12. The average molecular weight is 2040 g/mol. The van der Waals surface area contributed by atoms with Gasteiger partial charge in [0.15, 0.2) is 17.3 Å². The lowest BCUT2D eigenvalue weighted by Gasteiger charge is -2.35. The second-order valence-electron chi connectivity index (χ2n) is 41.5. The lowest BCUT2D eigenvalue weighted by molar-refractivity contribution is -0.150. The summed E-state index contributed by atoms with van der Waals surface area (Å²) in [5.41, 5.74) is 17.6. The lowest BCUT2D eigenvalue weighted by atomic mass is 9.85. The molecule has 0 saturated carbocycles. The van der Waals surface area contributed by atoms with Gasteiger partial charge in [0.25, 0.3) is 17.7 Å². The molecule has 10 aromatic rings. The number of nitrogens with one attached hydrogen (secondary N) is 2. The number of halogens is 1. The maximum Gasteiger partial charge on any atom is 0.326 e. The molecule has 4 aromatic heterocycles. The molecule has 4 fully saturated rings. The summed E-state index contributed by atoms with van der Waals surface area (Å²) in [5.74, 6) is -4.30. The zero-order valence-electron chi connectivity index (χ0n) is 84.3. The molecule has 16 rings (SSSR count). The van der Waals surface area contributed by atoms with Crippen LogP contribution in [0.25, 0.3) is 31.3 Å². The summed E-state index contributed by atoms with van der Waals surface area (Å²) < 4.78 is 0. The topological polar surface area (TPSA) is 401 Å². The number of aliphatic carboxylic acids is 1. The van der Waals surface area contributed by atoms with E-state index >= 15 is 0 Å². The molecule has 10 heterocycles. The largest absolute Gasteiger partial charge is 0.480 e. The number of carboxylic acids is 1. The first-order valence-corrected chi connectivity index (χ1v) is 52.1. The van der Waals surface area contributed by atoms with Crippen molar-refractivity contribution in [2.45, 2.75) is 266 Å². The Morgan fingerprint density at radius 1 is 0.465 bits per heavy atom. The van der Waals surface area contributed by atoms with Crippen LogP contribution in [0.15, 0.2) is 180 Å². The van der Waals surface area contributed by atoms with E-state index in [-0.39, 0.29) is 148 Å². The number of amides is 8. The summed E-state index contributed by atoms with van der Waals surface area (Å²) in [6, 6.07) is 43.3. The quantitative estimate of drug-likeness (QED) is 0.0220. The Hall–Kier alpha value is -12.3. The number of ketones is 3. The summed E-state index contributed by atoms with van der Waals surface area (Å²) in [7, 11) is 0. The molecule has 7 N–H and O–H groups in total. The van der Waals surface area contributed by atoms with E-state index < -0.39 is 101 Å². The summed E-state index contributed by atoms with van der Waals surface area (Å²) in [4.78, 5) is 187. The van der Waals surface area contributed by atoms with Gasteiger partial charge in [0.05, 0.1) is 96.8 Å². The zero-order valence-corrected chi connectivity index (χ0v) is 87.5. The molecule has 0 unspecified atom stereocenters. The first-order chi connectivity index (χ1) is 68.2. The Morgan fingerprint density at radius 3 is 1.26 bits per heavy atom. The molecular formula is C111H131ClN12O17S3. The van der Waals surface area contributed by atoms with E-state index in [0.29, 0.717) is 54.9 Å². The number of thiazole rings is 3. The molecule has 6 aromatic carbocycles. The van der Waals surface area contributed by atoms with Gasteiger partial charge in [0.2, 0.25) is 29.5 Å². The molecule has 8 amide bonds. The number of carbonyl (C=O) groups excluding carboxylic acids is 11. The summed E-state index contributed by atoms with van der Waals surface area (Å²) in [6.07, 6.45) is 3.03. The molecule has 6 aliphatic rings. The van der Waals surface area contributed by atoms with Crippen LogP contribution in [-0.2, 0) is 81.9 Å². The van der Waals surface area contributed by atoms with Gasteiger partial charge in [0, 0.05) is 106 Å². The molecule has 0 spiro atoms. The lowest BCUT2D eigenvalue weighted by Crippen LogP contribution is -2.56. The second kappa shape index (κ2) is 47.3. The Bertz CT molecular complexity index is 6310. The van der Waals surface area contributed by atoms with E-state index in [1.54, 1.807) is 81.4 Å². The fraction of sp³-hybridized carbons (Fsp3) is 0.441. The second-order valence-corrected chi connectivity index (χ2v) is 44.5. The van der Waals surface area contributed by atoms with Gasteiger partial charge in [-0.1, -0.05) is 208 Å². The van der Waals surface area contributed by atoms with Crippen LogP contribution >= 0.6 is 45.6 Å². The van der Waals surface area contributed by atoms with Gasteiger partial charge in [-0.25, -0.2) is 19.7 Å². The van der Waals surface area contributed by atoms with Crippen molar-refractivity contribution in [1.82, 2.24) is 60.0 Å². The highest BCUT2D eigenvalue weighted by Gasteiger charge is 2.52. The molecule has 144 heavy (non-hydrogen) atoms. The molecule has 12 atom stereocenters. The smallest absolute Gasteiger partial charge is 0.326 e. The first kappa shape index (κ1) is 109. The highest BCUT2D eigenvalue weighted by molar-refractivity contribution is 7.14. The average Bonchev–Trinajstić information content (AvgIpc) is 1.62. The number of carboxylic acid groups (broad SMARTS) is 1. The predicted octanol–water partition coefficient (Wildman–Crippen LogP) is 14.9. The maximum atomic E-state index is 13.9. The standard InChI is InChI=1S/C33H41N3O4S.C30H32ClN3O4S.C29H34N4O4S.C19H24N2O5/c1-21-8-6-7-9-24(21)15-17-29(39)35-31(33(3,4)5)32(40)36-19-26(37)18-27(36)28(38)16-12-23-10-13-25(14-11-23)30-22(2)34-20-41-30;1-17(2)27(34-14-21-9-10-22(31)12-24(21)29(34)37)30(38)33-15-23(35)13-25(33)26(36)11-6-19-4-7-20(8-5-19)28-18(3)32-16-39-28;1-18-25(38-17-31-18)20-11-8-19(9-12-20)10-13-24(35)23-15-21(34)16-33(23)28(37)26(29(2,3)4)32-27(36)22-7-5-6-14-30-22;1-11(2)15(20-9-12-6-4-5-7-13(12)16(20)22)17(23)21-10-19(3,26)8-14(21)18(24)25/h6-11,13-14,20,26-27,31,37H,12,15-19H2,1-5H3,(H,35,39);4-5,7-10,12,16-17,23,25,27,35H,6,11,13-15H2,1-3H3;5-9,11-12,14,17,21,23,26,34H,10,13,15-16H2,1-4H3,(H,32,36);4-7,11,14-15,26H,8-10H2,1-3H3,(H,24,25)/t26-,27+,31-;23-,25+,27+;21-,23+,26-;14-,15-,19+/m1110/s1. The number of pyridine rings is 1. The minimum Gasteiger partial charge on any atom is -0.480 e. The number of hydrogen-bond acceptors (Lipinski definition) is 23. The maximum absolute atomic E-state index is 13.9. The molecule has 29 nitrogen and oxygen atoms in total. The van der Waals surface area contributed by atoms with Crippen molar-refractivity contribution < 1.29 is 83.1 Å². The van der Waals surface area contributed by atoms with Gasteiger partial charge < -0.3 is 65.6 Å². The number of likely N-dealkylation sites (tertiary alicyclic amines) is 4. The molecular weight excluding hydrogens is 1900 g/mol. The van der Waals surface area contributed by atoms with Crippen LogP contribution < -0.4 is 10.6 Å². The number of aliphatic hydroxyl groups is 4. The van der Waals surface area contributed by atoms with E-state index in [1.165, 1.54) is 37.6 Å². The number of aryl methyl sites for hydroxylation is 8. The van der Waals surface area contributed by atoms with Gasteiger partial charge in [-0.15, -0.1) is 34.0 Å². The molecule has 4 saturated heterocycles. The molecule has 762 valence electrons. The van der Waals surface area contributed by atoms with Gasteiger partial charge in [-0.2, -0.15) is 0 Å². The van der Waals surface area contributed by atoms with Crippen molar-refractivity contribution in [2.24, 2.45) is 22.7 Å². The van der Waals surface area contributed by atoms with Gasteiger partial charge in [-0.05, 0) is 169 Å². The Labute approximate surface area is 858 Å². The molecule has 33 heteroatoms. The van der Waals surface area contributed by atoms with Crippen molar-refractivity contribution in [2.75, 3.05) is 26.2 Å². The van der Waals surface area contributed by atoms with Crippen LogP contribution in [0.4, 0.5) is 0 Å². The third kappa shape index (κ3) is 26.5. The molecule has 0 aliphatic carbocycles. The number of nitrogens with zero attached hydrogens (tertiary/aromatic N) is 10. The normalized spacial score (nSPS) is 20.0. The van der Waals surface area contributed by atoms with E-state index in [4.69, 9.17) is 11.6 Å². The van der Waals surface area contributed by atoms with Gasteiger partial charge in [-0.3, -0.25) is 57.7 Å². The van der Waals surface area contributed by atoms with E-state index in [9.17, 15) is 83.1 Å². The monoisotopic (exact) mass is 2030 g/mol. The summed E-state index contributed by atoms with van der Waals surface area (Å²) >= 11 is 10.9.